The summed E-state index contributed by atoms with van der Waals surface area (Å²) in [6.45, 7) is 4.26. The maximum Gasteiger partial charge on any atom is 0.163 e. The Bertz CT molecular complexity index is 763. The van der Waals surface area contributed by atoms with Gasteiger partial charge >= 0.3 is 0 Å². The number of thioether (sulfide) groups is 1. The van der Waals surface area contributed by atoms with Crippen LogP contribution in [0.1, 0.15) is 11.8 Å². The van der Waals surface area contributed by atoms with E-state index >= 15 is 0 Å². The molecule has 0 fully saturated rings. The Kier molecular flexibility index (Phi) is 4.12. The molecule has 1 aromatic carbocycles. The number of benzene rings is 1. The van der Waals surface area contributed by atoms with Crippen LogP contribution in [0.2, 0.25) is 0 Å². The van der Waals surface area contributed by atoms with Gasteiger partial charge in [0, 0.05) is 22.4 Å². The summed E-state index contributed by atoms with van der Waals surface area (Å²) in [5.74, 6) is 2.76. The van der Waals surface area contributed by atoms with Gasteiger partial charge in [0.25, 0.3) is 0 Å². The van der Waals surface area contributed by atoms with E-state index in [9.17, 15) is 0 Å². The second-order valence-electron chi connectivity index (χ2n) is 4.68. The summed E-state index contributed by atoms with van der Waals surface area (Å²) in [5, 5.41) is 4.28. The molecule has 0 aliphatic rings. The summed E-state index contributed by atoms with van der Waals surface area (Å²) in [7, 11) is 1.90. The maximum atomic E-state index is 4.71. The van der Waals surface area contributed by atoms with Crippen LogP contribution in [-0.4, -0.2) is 22.8 Å². The largest absolute Gasteiger partial charge is 0.372 e. The second-order valence-corrected chi connectivity index (χ2v) is 7.25. The van der Waals surface area contributed by atoms with E-state index in [0.717, 1.165) is 33.2 Å². The van der Waals surface area contributed by atoms with Crippen LogP contribution in [0, 0.1) is 6.92 Å². The van der Waals surface area contributed by atoms with Crippen molar-refractivity contribution in [1.82, 2.24) is 9.97 Å². The second kappa shape index (κ2) is 6.03. The predicted octanol–water partition coefficient (Wildman–Crippen LogP) is 4.82. The van der Waals surface area contributed by atoms with Crippen molar-refractivity contribution in [3.63, 3.8) is 0 Å². The molecular weight excluding hydrogens is 298 g/mol. The van der Waals surface area contributed by atoms with Gasteiger partial charge in [-0.05, 0) is 30.9 Å². The predicted molar refractivity (Wildman–Crippen MR) is 93.5 cm³/mol. The first kappa shape index (κ1) is 14.4. The Morgan fingerprint density at radius 2 is 1.95 bits per heavy atom. The first-order valence-electron chi connectivity index (χ1n) is 6.90. The van der Waals surface area contributed by atoms with E-state index in [4.69, 9.17) is 4.98 Å². The Labute approximate surface area is 132 Å². The van der Waals surface area contributed by atoms with E-state index in [1.54, 1.807) is 11.3 Å². The van der Waals surface area contributed by atoms with Gasteiger partial charge in [0.05, 0.1) is 5.39 Å². The van der Waals surface area contributed by atoms with Crippen molar-refractivity contribution in [2.75, 3.05) is 18.1 Å². The summed E-state index contributed by atoms with van der Waals surface area (Å²) in [4.78, 5) is 12.9. The van der Waals surface area contributed by atoms with E-state index < -0.39 is 0 Å². The van der Waals surface area contributed by atoms with Gasteiger partial charge in [-0.15, -0.1) is 23.1 Å². The summed E-state index contributed by atoms with van der Waals surface area (Å²) < 4.78 is 0. The van der Waals surface area contributed by atoms with Gasteiger partial charge in [-0.3, -0.25) is 0 Å². The number of hydrogen-bond acceptors (Lipinski definition) is 5. The molecule has 0 saturated heterocycles. The molecule has 0 radical (unpaired) electrons. The number of aryl methyl sites for hydroxylation is 1. The van der Waals surface area contributed by atoms with Crippen molar-refractivity contribution in [3.8, 4) is 11.4 Å². The van der Waals surface area contributed by atoms with E-state index in [-0.39, 0.29) is 0 Å². The van der Waals surface area contributed by atoms with Gasteiger partial charge in [0.15, 0.2) is 5.82 Å². The molecule has 3 rings (SSSR count). The third kappa shape index (κ3) is 2.89. The number of hydrogen-bond donors (Lipinski definition) is 1. The fraction of sp³-hybridized carbons (Fsp3) is 0.250. The van der Waals surface area contributed by atoms with Crippen LogP contribution in [0.5, 0.6) is 0 Å². The first-order chi connectivity index (χ1) is 10.2. The lowest BCUT2D eigenvalue weighted by atomic mass is 10.2. The zero-order valence-electron chi connectivity index (χ0n) is 12.3. The zero-order chi connectivity index (χ0) is 14.8. The van der Waals surface area contributed by atoms with Gasteiger partial charge in [-0.2, -0.15) is 0 Å². The summed E-state index contributed by atoms with van der Waals surface area (Å²) in [6, 6.07) is 10.6. The SMILES string of the molecule is CCSc1ccc(-c2nc(NC)c3cc(C)sc3n2)cc1. The van der Waals surface area contributed by atoms with Crippen LogP contribution in [0.15, 0.2) is 35.2 Å². The van der Waals surface area contributed by atoms with Crippen molar-refractivity contribution in [2.45, 2.75) is 18.7 Å². The van der Waals surface area contributed by atoms with Crippen LogP contribution in [0.4, 0.5) is 5.82 Å². The molecule has 0 unspecified atom stereocenters. The number of nitrogens with one attached hydrogen (secondary N) is 1. The molecule has 108 valence electrons. The lowest BCUT2D eigenvalue weighted by molar-refractivity contribution is 1.22. The highest BCUT2D eigenvalue weighted by Crippen LogP contribution is 2.31. The molecule has 2 aromatic heterocycles. The summed E-state index contributed by atoms with van der Waals surface area (Å²) >= 11 is 3.55. The molecule has 0 bridgehead atoms. The molecular formula is C16H17N3S2. The minimum Gasteiger partial charge on any atom is -0.372 e. The average Bonchev–Trinajstić information content (AvgIpc) is 2.87. The van der Waals surface area contributed by atoms with Crippen molar-refractivity contribution in [3.05, 3.63) is 35.2 Å². The highest BCUT2D eigenvalue weighted by Gasteiger charge is 2.11. The zero-order valence-corrected chi connectivity index (χ0v) is 13.9. The lowest BCUT2D eigenvalue weighted by Gasteiger charge is -2.06. The molecule has 5 heteroatoms. The van der Waals surface area contributed by atoms with Crippen molar-refractivity contribution >= 4 is 39.1 Å². The number of aromatic nitrogens is 2. The minimum absolute atomic E-state index is 0.779. The molecule has 0 atom stereocenters. The van der Waals surface area contributed by atoms with Crippen LogP contribution in [0.25, 0.3) is 21.6 Å². The molecule has 1 N–H and O–H groups in total. The van der Waals surface area contributed by atoms with Crippen LogP contribution < -0.4 is 5.32 Å². The van der Waals surface area contributed by atoms with E-state index in [0.29, 0.717) is 0 Å². The quantitative estimate of drug-likeness (QED) is 0.700. The Morgan fingerprint density at radius 3 is 2.62 bits per heavy atom. The van der Waals surface area contributed by atoms with Gasteiger partial charge in [0.2, 0.25) is 0 Å². The normalized spacial score (nSPS) is 11.0. The maximum absolute atomic E-state index is 4.71. The first-order valence-corrected chi connectivity index (χ1v) is 8.70. The van der Waals surface area contributed by atoms with Gasteiger partial charge in [0.1, 0.15) is 10.6 Å². The van der Waals surface area contributed by atoms with Crippen LogP contribution >= 0.6 is 23.1 Å². The molecule has 0 aliphatic carbocycles. The van der Waals surface area contributed by atoms with Crippen molar-refractivity contribution in [2.24, 2.45) is 0 Å². The molecule has 3 aromatic rings. The van der Waals surface area contributed by atoms with Gasteiger partial charge < -0.3 is 5.32 Å². The lowest BCUT2D eigenvalue weighted by Crippen LogP contribution is -1.97. The van der Waals surface area contributed by atoms with Crippen LogP contribution in [0.3, 0.4) is 0 Å². The van der Waals surface area contributed by atoms with Gasteiger partial charge in [-0.25, -0.2) is 9.97 Å². The number of nitrogens with zero attached hydrogens (tertiary/aromatic N) is 2. The number of thiophene rings is 1. The standard InChI is InChI=1S/C16H17N3S2/c1-4-20-12-7-5-11(6-8-12)14-18-15(17-3)13-9-10(2)21-16(13)19-14/h5-9H,4H2,1-3H3,(H,17,18,19). The topological polar surface area (TPSA) is 37.8 Å². The Morgan fingerprint density at radius 1 is 1.19 bits per heavy atom. The van der Waals surface area contributed by atoms with Crippen molar-refractivity contribution < 1.29 is 0 Å². The highest BCUT2D eigenvalue weighted by atomic mass is 32.2. The van der Waals surface area contributed by atoms with E-state index in [1.807, 2.05) is 18.8 Å². The van der Waals surface area contributed by atoms with E-state index in [2.05, 4.69) is 54.5 Å². The molecule has 2 heterocycles. The summed E-state index contributed by atoms with van der Waals surface area (Å²) in [5.41, 5.74) is 1.06. The highest BCUT2D eigenvalue weighted by molar-refractivity contribution is 7.99. The third-order valence-corrected chi connectivity index (χ3v) is 5.01. The number of rotatable bonds is 4. The molecule has 0 aliphatic heterocycles. The molecule has 3 nitrogen and oxygen atoms in total. The fourth-order valence-electron chi connectivity index (χ4n) is 2.23. The fourth-order valence-corrected chi connectivity index (χ4v) is 3.77. The number of fused-ring (bicyclic) bond motifs is 1. The van der Waals surface area contributed by atoms with Crippen LogP contribution in [-0.2, 0) is 0 Å². The molecule has 0 spiro atoms. The monoisotopic (exact) mass is 315 g/mol. The molecule has 0 saturated carbocycles. The van der Waals surface area contributed by atoms with Crippen molar-refractivity contribution in [1.29, 1.82) is 0 Å². The van der Waals surface area contributed by atoms with E-state index in [1.165, 1.54) is 9.77 Å². The third-order valence-electron chi connectivity index (χ3n) is 3.18. The molecule has 0 amide bonds. The average molecular weight is 315 g/mol. The summed E-state index contributed by atoms with van der Waals surface area (Å²) in [6.07, 6.45) is 0. The Balaban J connectivity index is 2.06. The number of anilines is 1. The molecule has 21 heavy (non-hydrogen) atoms. The Hall–Kier alpha value is -1.59. The minimum atomic E-state index is 0.779. The van der Waals surface area contributed by atoms with Gasteiger partial charge in [-0.1, -0.05) is 19.1 Å². The smallest absolute Gasteiger partial charge is 0.163 e.